The lowest BCUT2D eigenvalue weighted by Crippen LogP contribution is -2.43. The second-order valence-corrected chi connectivity index (χ2v) is 10.4. The maximum atomic E-state index is 11.3. The van der Waals surface area contributed by atoms with Gasteiger partial charge in [0.1, 0.15) is 21.2 Å². The van der Waals surface area contributed by atoms with Crippen molar-refractivity contribution in [1.29, 1.82) is 0 Å². The molecule has 0 atom stereocenters. The van der Waals surface area contributed by atoms with Crippen LogP contribution in [-0.2, 0) is 22.8 Å². The molecular formula is C19H30N2O3S. The first-order chi connectivity index (χ1) is 11.7. The van der Waals surface area contributed by atoms with Gasteiger partial charge in [0.05, 0.1) is 5.75 Å². The van der Waals surface area contributed by atoms with Gasteiger partial charge in [0.15, 0.2) is 0 Å². The number of nitrogens with one attached hydrogen (secondary N) is 1. The number of rotatable bonds is 6. The summed E-state index contributed by atoms with van der Waals surface area (Å²) in [6.07, 6.45) is 4.43. The van der Waals surface area contributed by atoms with E-state index >= 15 is 0 Å². The fourth-order valence-corrected chi connectivity index (χ4v) is 4.28. The minimum absolute atomic E-state index is 0.0901. The van der Waals surface area contributed by atoms with Gasteiger partial charge in [-0.15, -0.1) is 0 Å². The summed E-state index contributed by atoms with van der Waals surface area (Å²) < 4.78 is 28.5. The molecule has 140 valence electrons. The summed E-state index contributed by atoms with van der Waals surface area (Å²) in [5, 5.41) is 3.66. The molecular weight excluding hydrogens is 336 g/mol. The van der Waals surface area contributed by atoms with E-state index in [1.807, 2.05) is 0 Å². The van der Waals surface area contributed by atoms with E-state index < -0.39 is 9.84 Å². The fourth-order valence-electron chi connectivity index (χ4n) is 3.69. The van der Waals surface area contributed by atoms with E-state index in [0.29, 0.717) is 12.6 Å². The van der Waals surface area contributed by atoms with Crippen molar-refractivity contribution >= 4 is 9.84 Å². The average Bonchev–Trinajstić information content (AvgIpc) is 2.84. The van der Waals surface area contributed by atoms with Crippen molar-refractivity contribution in [3.8, 4) is 5.75 Å². The topological polar surface area (TPSA) is 58.6 Å². The van der Waals surface area contributed by atoms with Crippen LogP contribution in [0.2, 0.25) is 0 Å². The summed E-state index contributed by atoms with van der Waals surface area (Å²) in [6, 6.07) is 7.01. The van der Waals surface area contributed by atoms with Gasteiger partial charge in [-0.05, 0) is 57.0 Å². The Balaban J connectivity index is 1.44. The molecule has 2 aliphatic heterocycles. The molecule has 0 unspecified atom stereocenters. The Hall–Kier alpha value is -1.11. The summed E-state index contributed by atoms with van der Waals surface area (Å²) in [5.41, 5.74) is 2.52. The van der Waals surface area contributed by atoms with Gasteiger partial charge in [0, 0.05) is 31.8 Å². The Kier molecular flexibility index (Phi) is 5.42. The van der Waals surface area contributed by atoms with Crippen LogP contribution in [0.25, 0.3) is 0 Å². The molecule has 3 rings (SSSR count). The molecule has 0 bridgehead atoms. The number of sulfone groups is 1. The summed E-state index contributed by atoms with van der Waals surface area (Å²) in [4.78, 5) is 2.26. The molecule has 0 aliphatic carbocycles. The number of ether oxygens (including phenoxy) is 1. The smallest absolute Gasteiger partial charge is 0.148 e. The highest BCUT2D eigenvalue weighted by Gasteiger charge is 2.30. The molecule has 0 saturated carbocycles. The fraction of sp³-hybridized carbons (Fsp3) is 0.684. The van der Waals surface area contributed by atoms with E-state index in [1.165, 1.54) is 17.4 Å². The molecule has 1 saturated heterocycles. The van der Waals surface area contributed by atoms with E-state index in [0.717, 1.165) is 44.6 Å². The van der Waals surface area contributed by atoms with Gasteiger partial charge in [0.2, 0.25) is 0 Å². The lowest BCUT2D eigenvalue weighted by Gasteiger charge is -2.32. The molecule has 1 aromatic carbocycles. The predicted octanol–water partition coefficient (Wildman–Crippen LogP) is 2.00. The van der Waals surface area contributed by atoms with Crippen LogP contribution in [0.5, 0.6) is 5.75 Å². The second kappa shape index (κ2) is 7.25. The van der Waals surface area contributed by atoms with Crippen molar-refractivity contribution in [3.05, 3.63) is 29.3 Å². The van der Waals surface area contributed by atoms with Crippen LogP contribution < -0.4 is 10.1 Å². The highest BCUT2D eigenvalue weighted by atomic mass is 32.2. The minimum atomic E-state index is -2.86. The average molecular weight is 367 g/mol. The third-order valence-electron chi connectivity index (χ3n) is 5.09. The number of likely N-dealkylation sites (tertiary alicyclic amines) is 1. The molecule has 5 nitrogen and oxygen atoms in total. The Labute approximate surface area is 151 Å². The molecule has 2 heterocycles. The van der Waals surface area contributed by atoms with Gasteiger partial charge in [-0.25, -0.2) is 8.42 Å². The first-order valence-corrected chi connectivity index (χ1v) is 11.2. The van der Waals surface area contributed by atoms with E-state index in [4.69, 9.17) is 4.74 Å². The SMILES string of the molecule is CC1(C)Cc2cc(CNC3CCN(CCS(C)(=O)=O)CC3)ccc2O1. The first-order valence-electron chi connectivity index (χ1n) is 9.14. The number of hydrogen-bond donors (Lipinski definition) is 1. The number of benzene rings is 1. The Bertz CT molecular complexity index is 707. The third kappa shape index (κ3) is 5.43. The summed E-state index contributed by atoms with van der Waals surface area (Å²) >= 11 is 0. The summed E-state index contributed by atoms with van der Waals surface area (Å²) in [6.45, 7) is 7.73. The van der Waals surface area contributed by atoms with Crippen molar-refractivity contribution in [1.82, 2.24) is 10.2 Å². The van der Waals surface area contributed by atoms with Crippen molar-refractivity contribution < 1.29 is 13.2 Å². The normalized spacial score (nSPS) is 21.1. The maximum Gasteiger partial charge on any atom is 0.148 e. The van der Waals surface area contributed by atoms with Crippen molar-refractivity contribution in [2.24, 2.45) is 0 Å². The van der Waals surface area contributed by atoms with E-state index in [1.54, 1.807) is 0 Å². The highest BCUT2D eigenvalue weighted by molar-refractivity contribution is 7.90. The maximum absolute atomic E-state index is 11.3. The van der Waals surface area contributed by atoms with Crippen LogP contribution in [0.1, 0.15) is 37.8 Å². The predicted molar refractivity (Wildman–Crippen MR) is 101 cm³/mol. The zero-order chi connectivity index (χ0) is 18.1. The van der Waals surface area contributed by atoms with Crippen molar-refractivity contribution in [3.63, 3.8) is 0 Å². The molecule has 6 heteroatoms. The number of nitrogens with zero attached hydrogens (tertiary/aromatic N) is 1. The zero-order valence-corrected chi connectivity index (χ0v) is 16.4. The molecule has 0 radical (unpaired) electrons. The van der Waals surface area contributed by atoms with E-state index in [-0.39, 0.29) is 11.4 Å². The van der Waals surface area contributed by atoms with Crippen LogP contribution >= 0.6 is 0 Å². The van der Waals surface area contributed by atoms with Gasteiger partial charge in [-0.1, -0.05) is 12.1 Å². The van der Waals surface area contributed by atoms with E-state index in [2.05, 4.69) is 42.3 Å². The monoisotopic (exact) mass is 366 g/mol. The summed E-state index contributed by atoms with van der Waals surface area (Å²) in [5.74, 6) is 1.28. The van der Waals surface area contributed by atoms with Crippen LogP contribution in [-0.4, -0.2) is 56.6 Å². The third-order valence-corrected chi connectivity index (χ3v) is 6.01. The molecule has 1 fully saturated rings. The van der Waals surface area contributed by atoms with Crippen LogP contribution in [0.3, 0.4) is 0 Å². The minimum Gasteiger partial charge on any atom is -0.487 e. The van der Waals surface area contributed by atoms with Crippen LogP contribution in [0, 0.1) is 0 Å². The molecule has 2 aliphatic rings. The Morgan fingerprint density at radius 2 is 2.00 bits per heavy atom. The molecule has 0 amide bonds. The molecule has 1 N–H and O–H groups in total. The van der Waals surface area contributed by atoms with Crippen LogP contribution in [0.15, 0.2) is 18.2 Å². The number of hydrogen-bond acceptors (Lipinski definition) is 5. The van der Waals surface area contributed by atoms with Crippen LogP contribution in [0.4, 0.5) is 0 Å². The van der Waals surface area contributed by atoms with Crippen molar-refractivity contribution in [2.45, 2.75) is 51.3 Å². The largest absolute Gasteiger partial charge is 0.487 e. The molecule has 0 spiro atoms. The van der Waals surface area contributed by atoms with Gasteiger partial charge in [-0.2, -0.15) is 0 Å². The van der Waals surface area contributed by atoms with Gasteiger partial charge in [0.25, 0.3) is 0 Å². The Morgan fingerprint density at radius 1 is 1.28 bits per heavy atom. The molecule has 25 heavy (non-hydrogen) atoms. The molecule has 0 aromatic heterocycles. The lowest BCUT2D eigenvalue weighted by molar-refractivity contribution is 0.138. The Morgan fingerprint density at radius 3 is 2.68 bits per heavy atom. The zero-order valence-electron chi connectivity index (χ0n) is 15.5. The number of piperidine rings is 1. The first kappa shape index (κ1) is 18.7. The van der Waals surface area contributed by atoms with Gasteiger partial charge >= 0.3 is 0 Å². The second-order valence-electron chi connectivity index (χ2n) is 8.11. The number of fused-ring (bicyclic) bond motifs is 1. The lowest BCUT2D eigenvalue weighted by atomic mass is 10.00. The van der Waals surface area contributed by atoms with Gasteiger partial charge in [-0.3, -0.25) is 0 Å². The quantitative estimate of drug-likeness (QED) is 0.834. The molecule has 1 aromatic rings. The standard InChI is InChI=1S/C19H30N2O3S/c1-19(2)13-16-12-15(4-5-18(16)24-19)14-20-17-6-8-21(9-7-17)10-11-25(3,22)23/h4-5,12,17,20H,6-11,13-14H2,1-3H3. The van der Waals surface area contributed by atoms with E-state index in [9.17, 15) is 8.42 Å². The van der Waals surface area contributed by atoms with Crippen molar-refractivity contribution in [2.75, 3.05) is 31.6 Å². The highest BCUT2D eigenvalue weighted by Crippen LogP contribution is 2.35. The summed E-state index contributed by atoms with van der Waals surface area (Å²) in [7, 11) is -2.86. The van der Waals surface area contributed by atoms with Gasteiger partial charge < -0.3 is 15.0 Å².